The maximum Gasteiger partial charge on any atom is 0.335 e. The van der Waals surface area contributed by atoms with E-state index in [4.69, 9.17) is 5.11 Å². The van der Waals surface area contributed by atoms with Crippen LogP contribution >= 0.6 is 0 Å². The fourth-order valence-electron chi connectivity index (χ4n) is 2.75. The van der Waals surface area contributed by atoms with Crippen molar-refractivity contribution in [2.24, 2.45) is 11.3 Å². The Bertz CT molecular complexity index is 508. The largest absolute Gasteiger partial charge is 0.478 e. The van der Waals surface area contributed by atoms with Crippen LogP contribution in [-0.4, -0.2) is 29.1 Å². The SMILES string of the molecule is CC(C)(C)C1CCN(Cc2cc(C(=O)O)ccc2F)C1. The van der Waals surface area contributed by atoms with E-state index in [1.54, 1.807) is 0 Å². The molecule has 20 heavy (non-hydrogen) atoms. The number of aromatic carboxylic acids is 1. The number of carboxylic acids is 1. The average Bonchev–Trinajstić information content (AvgIpc) is 2.80. The third-order valence-corrected chi connectivity index (χ3v) is 4.18. The van der Waals surface area contributed by atoms with E-state index in [2.05, 4.69) is 25.7 Å². The van der Waals surface area contributed by atoms with E-state index in [1.807, 2.05) is 0 Å². The van der Waals surface area contributed by atoms with Gasteiger partial charge >= 0.3 is 5.97 Å². The van der Waals surface area contributed by atoms with E-state index < -0.39 is 5.97 Å². The molecule has 0 radical (unpaired) electrons. The van der Waals surface area contributed by atoms with Gasteiger partial charge in [0.2, 0.25) is 0 Å². The van der Waals surface area contributed by atoms with Crippen LogP contribution < -0.4 is 0 Å². The van der Waals surface area contributed by atoms with E-state index in [9.17, 15) is 9.18 Å². The van der Waals surface area contributed by atoms with Crippen LogP contribution in [0.2, 0.25) is 0 Å². The second-order valence-corrected chi connectivity index (χ2v) is 6.70. The minimum Gasteiger partial charge on any atom is -0.478 e. The normalized spacial score (nSPS) is 20.3. The number of hydrogen-bond donors (Lipinski definition) is 1. The van der Waals surface area contributed by atoms with Crippen LogP contribution in [0.25, 0.3) is 0 Å². The zero-order valence-electron chi connectivity index (χ0n) is 12.3. The highest BCUT2D eigenvalue weighted by atomic mass is 19.1. The molecule has 1 aliphatic heterocycles. The molecule has 3 nitrogen and oxygen atoms in total. The molecule has 1 heterocycles. The molecule has 0 aliphatic carbocycles. The summed E-state index contributed by atoms with van der Waals surface area (Å²) in [5.41, 5.74) is 0.878. The van der Waals surface area contributed by atoms with Gasteiger partial charge in [0.05, 0.1) is 5.56 Å². The summed E-state index contributed by atoms with van der Waals surface area (Å²) in [4.78, 5) is 13.2. The maximum absolute atomic E-state index is 13.8. The van der Waals surface area contributed by atoms with Gasteiger partial charge in [0.1, 0.15) is 5.82 Å². The summed E-state index contributed by atoms with van der Waals surface area (Å²) in [7, 11) is 0. The zero-order valence-corrected chi connectivity index (χ0v) is 12.3. The third-order valence-electron chi connectivity index (χ3n) is 4.18. The highest BCUT2D eigenvalue weighted by molar-refractivity contribution is 5.87. The average molecular weight is 279 g/mol. The van der Waals surface area contributed by atoms with Gasteiger partial charge in [-0.25, -0.2) is 9.18 Å². The Kier molecular flexibility index (Phi) is 4.14. The molecule has 1 N–H and O–H groups in total. The predicted molar refractivity (Wildman–Crippen MR) is 76.2 cm³/mol. The number of carbonyl (C=O) groups is 1. The molecule has 1 atom stereocenters. The van der Waals surface area contributed by atoms with Crippen molar-refractivity contribution in [1.29, 1.82) is 0 Å². The quantitative estimate of drug-likeness (QED) is 0.922. The molecule has 1 aromatic carbocycles. The second kappa shape index (κ2) is 5.52. The van der Waals surface area contributed by atoms with Crippen LogP contribution in [0.15, 0.2) is 18.2 Å². The van der Waals surface area contributed by atoms with Crippen LogP contribution in [0.3, 0.4) is 0 Å². The lowest BCUT2D eigenvalue weighted by atomic mass is 9.80. The molecular formula is C16H22FNO2. The molecule has 4 heteroatoms. The molecule has 0 spiro atoms. The molecule has 1 aromatic rings. The van der Waals surface area contributed by atoms with E-state index in [0.29, 0.717) is 18.0 Å². The smallest absolute Gasteiger partial charge is 0.335 e. The molecule has 0 saturated carbocycles. The molecular weight excluding hydrogens is 257 g/mol. The van der Waals surface area contributed by atoms with Crippen LogP contribution in [0.1, 0.15) is 43.1 Å². The van der Waals surface area contributed by atoms with Gasteiger partial charge in [0.15, 0.2) is 0 Å². The van der Waals surface area contributed by atoms with Gasteiger partial charge in [-0.05, 0) is 42.5 Å². The Morgan fingerprint density at radius 2 is 2.15 bits per heavy atom. The summed E-state index contributed by atoms with van der Waals surface area (Å²) in [6.07, 6.45) is 1.11. The maximum atomic E-state index is 13.8. The van der Waals surface area contributed by atoms with Crippen molar-refractivity contribution in [3.63, 3.8) is 0 Å². The third kappa shape index (κ3) is 3.37. The Morgan fingerprint density at radius 1 is 1.45 bits per heavy atom. The summed E-state index contributed by atoms with van der Waals surface area (Å²) in [6, 6.07) is 4.00. The number of halogens is 1. The number of benzene rings is 1. The fraction of sp³-hybridized carbons (Fsp3) is 0.562. The minimum absolute atomic E-state index is 0.146. The lowest BCUT2D eigenvalue weighted by Gasteiger charge is -2.27. The summed E-state index contributed by atoms with van der Waals surface area (Å²) < 4.78 is 13.8. The van der Waals surface area contributed by atoms with Crippen molar-refractivity contribution in [1.82, 2.24) is 4.90 Å². The Morgan fingerprint density at radius 3 is 2.70 bits per heavy atom. The molecule has 1 fully saturated rings. The summed E-state index contributed by atoms with van der Waals surface area (Å²) >= 11 is 0. The van der Waals surface area contributed by atoms with Crippen LogP contribution in [0.5, 0.6) is 0 Å². The molecule has 1 saturated heterocycles. The topological polar surface area (TPSA) is 40.5 Å². The molecule has 110 valence electrons. The van der Waals surface area contributed by atoms with Gasteiger partial charge in [-0.15, -0.1) is 0 Å². The van der Waals surface area contributed by atoms with Gasteiger partial charge in [-0.1, -0.05) is 20.8 Å². The van der Waals surface area contributed by atoms with E-state index in [-0.39, 0.29) is 16.8 Å². The molecule has 0 bridgehead atoms. The summed E-state index contributed by atoms with van der Waals surface area (Å²) in [6.45, 7) is 9.06. The van der Waals surface area contributed by atoms with Crippen LogP contribution in [0, 0.1) is 17.2 Å². The standard InChI is InChI=1S/C16H22FNO2/c1-16(2,3)13-6-7-18(10-13)9-12-8-11(15(19)20)4-5-14(12)17/h4-5,8,13H,6-7,9-10H2,1-3H3,(H,19,20). The van der Waals surface area contributed by atoms with E-state index in [1.165, 1.54) is 18.2 Å². The van der Waals surface area contributed by atoms with Crippen molar-refractivity contribution in [3.8, 4) is 0 Å². The minimum atomic E-state index is -1.01. The van der Waals surface area contributed by atoms with Gasteiger partial charge in [0.25, 0.3) is 0 Å². The summed E-state index contributed by atoms with van der Waals surface area (Å²) in [5.74, 6) is -0.734. The Hall–Kier alpha value is -1.42. The first-order valence-corrected chi connectivity index (χ1v) is 7.01. The van der Waals surface area contributed by atoms with Crippen molar-refractivity contribution in [2.45, 2.75) is 33.7 Å². The van der Waals surface area contributed by atoms with E-state index >= 15 is 0 Å². The number of hydrogen-bond acceptors (Lipinski definition) is 2. The number of rotatable bonds is 3. The Balaban J connectivity index is 2.08. The lowest BCUT2D eigenvalue weighted by Crippen LogP contribution is -2.26. The molecule has 1 unspecified atom stereocenters. The fourth-order valence-corrected chi connectivity index (χ4v) is 2.75. The predicted octanol–water partition coefficient (Wildman–Crippen LogP) is 3.39. The molecule has 0 amide bonds. The number of carboxylic acid groups (broad SMARTS) is 1. The zero-order chi connectivity index (χ0) is 14.9. The van der Waals surface area contributed by atoms with E-state index in [0.717, 1.165) is 19.5 Å². The molecule has 2 rings (SSSR count). The van der Waals surface area contributed by atoms with Crippen molar-refractivity contribution in [2.75, 3.05) is 13.1 Å². The van der Waals surface area contributed by atoms with Crippen LogP contribution in [-0.2, 0) is 6.54 Å². The first-order chi connectivity index (χ1) is 9.27. The lowest BCUT2D eigenvalue weighted by molar-refractivity contribution is 0.0696. The van der Waals surface area contributed by atoms with Gasteiger partial charge in [-0.2, -0.15) is 0 Å². The molecule has 0 aromatic heterocycles. The highest BCUT2D eigenvalue weighted by Crippen LogP contribution is 2.34. The van der Waals surface area contributed by atoms with Gasteiger partial charge < -0.3 is 5.11 Å². The first kappa shape index (κ1) is 15.0. The van der Waals surface area contributed by atoms with Gasteiger partial charge in [-0.3, -0.25) is 4.90 Å². The van der Waals surface area contributed by atoms with Crippen molar-refractivity contribution < 1.29 is 14.3 Å². The summed E-state index contributed by atoms with van der Waals surface area (Å²) in [5, 5.41) is 8.97. The molecule has 1 aliphatic rings. The monoisotopic (exact) mass is 279 g/mol. The van der Waals surface area contributed by atoms with Crippen molar-refractivity contribution >= 4 is 5.97 Å². The highest BCUT2D eigenvalue weighted by Gasteiger charge is 2.31. The van der Waals surface area contributed by atoms with Crippen molar-refractivity contribution in [3.05, 3.63) is 35.1 Å². The van der Waals surface area contributed by atoms with Crippen LogP contribution in [0.4, 0.5) is 4.39 Å². The van der Waals surface area contributed by atoms with Gasteiger partial charge in [0, 0.05) is 18.7 Å². The Labute approximate surface area is 119 Å². The second-order valence-electron chi connectivity index (χ2n) is 6.70. The number of nitrogens with zero attached hydrogens (tertiary/aromatic N) is 1. The first-order valence-electron chi connectivity index (χ1n) is 7.01. The number of likely N-dealkylation sites (tertiary alicyclic amines) is 1.